The summed E-state index contributed by atoms with van der Waals surface area (Å²) in [5, 5.41) is 20.8. The summed E-state index contributed by atoms with van der Waals surface area (Å²) in [7, 11) is 0. The van der Waals surface area contributed by atoms with Crippen LogP contribution in [-0.2, 0) is 9.47 Å². The van der Waals surface area contributed by atoms with Crippen molar-refractivity contribution in [3.8, 4) is 5.75 Å². The molecule has 0 aliphatic carbocycles. The summed E-state index contributed by atoms with van der Waals surface area (Å²) in [6.45, 7) is -0.365. The van der Waals surface area contributed by atoms with Crippen molar-refractivity contribution in [2.45, 2.75) is 24.9 Å². The van der Waals surface area contributed by atoms with Gasteiger partial charge in [-0.25, -0.2) is 9.59 Å². The van der Waals surface area contributed by atoms with Gasteiger partial charge in [0.2, 0.25) is 0 Å². The first-order valence-electron chi connectivity index (χ1n) is 8.83. The van der Waals surface area contributed by atoms with Gasteiger partial charge in [-0.3, -0.25) is 24.5 Å². The number of nitrogens with one attached hydrogen (secondary N) is 1. The number of nitro groups is 1. The molecule has 164 valence electrons. The Balaban J connectivity index is 1.60. The van der Waals surface area contributed by atoms with Crippen molar-refractivity contribution in [3.05, 3.63) is 72.0 Å². The van der Waals surface area contributed by atoms with Crippen LogP contribution in [0.2, 0.25) is 0 Å². The lowest BCUT2D eigenvalue weighted by Gasteiger charge is -2.16. The van der Waals surface area contributed by atoms with E-state index in [4.69, 9.17) is 14.2 Å². The van der Waals surface area contributed by atoms with E-state index in [9.17, 15) is 29.6 Å². The van der Waals surface area contributed by atoms with Gasteiger partial charge in [-0.05, 0) is 23.2 Å². The Morgan fingerprint density at radius 3 is 2.74 bits per heavy atom. The summed E-state index contributed by atoms with van der Waals surface area (Å²) in [5.74, 6) is 0.0357. The molecule has 1 aliphatic rings. The van der Waals surface area contributed by atoms with Crippen LogP contribution in [-0.4, -0.2) is 44.6 Å². The van der Waals surface area contributed by atoms with Crippen molar-refractivity contribution in [2.24, 2.45) is 0 Å². The monoisotopic (exact) mass is 497 g/mol. The zero-order chi connectivity index (χ0) is 22.5. The van der Waals surface area contributed by atoms with Crippen molar-refractivity contribution in [1.82, 2.24) is 9.55 Å². The Morgan fingerprint density at radius 2 is 2.10 bits per heavy atom. The number of halogens is 1. The van der Waals surface area contributed by atoms with Gasteiger partial charge in [0.15, 0.2) is 0 Å². The second-order valence-corrected chi connectivity index (χ2v) is 6.92. The Kier molecular flexibility index (Phi) is 6.99. The van der Waals surface area contributed by atoms with Gasteiger partial charge in [0.25, 0.3) is 11.2 Å². The maximum Gasteiger partial charge on any atom is 0.513 e. The number of nitrogens with zero attached hydrogens (tertiary/aromatic N) is 2. The van der Waals surface area contributed by atoms with Crippen LogP contribution in [0, 0.1) is 10.1 Å². The van der Waals surface area contributed by atoms with E-state index in [1.165, 1.54) is 29.4 Å². The lowest BCUT2D eigenvalue weighted by molar-refractivity contribution is -0.384. The van der Waals surface area contributed by atoms with Crippen LogP contribution in [0.3, 0.4) is 0 Å². The molecule has 0 saturated carbocycles. The summed E-state index contributed by atoms with van der Waals surface area (Å²) in [6.07, 6.45) is -1.22. The molecular weight excluding hydrogens is 482 g/mol. The van der Waals surface area contributed by atoms with E-state index in [-0.39, 0.29) is 30.0 Å². The van der Waals surface area contributed by atoms with E-state index >= 15 is 0 Å². The lowest BCUT2D eigenvalue weighted by Crippen LogP contribution is -2.33. The van der Waals surface area contributed by atoms with Crippen molar-refractivity contribution in [3.63, 3.8) is 0 Å². The Hall–Kier alpha value is -3.29. The number of ether oxygens (including phenoxy) is 3. The number of rotatable bonds is 6. The fourth-order valence-corrected chi connectivity index (χ4v) is 3.13. The number of aliphatic hydroxyl groups is 1. The molecule has 1 fully saturated rings. The van der Waals surface area contributed by atoms with Crippen LogP contribution in [0.15, 0.2) is 45.0 Å². The smallest absolute Gasteiger partial charge is 0.431 e. The molecule has 1 saturated heterocycles. The highest BCUT2D eigenvalue weighted by Crippen LogP contribution is 2.28. The third kappa shape index (κ3) is 5.45. The zero-order valence-corrected chi connectivity index (χ0v) is 17.3. The molecule has 0 bridgehead atoms. The number of hydrogen-bond donors (Lipinski definition) is 2. The number of carbonyl (C=O) groups excluding carboxylic acids is 1. The number of hydrogen-bond acceptors (Lipinski definition) is 9. The first-order valence-corrected chi connectivity index (χ1v) is 9.75. The molecule has 1 aliphatic heterocycles. The molecule has 12 nitrogen and oxygen atoms in total. The summed E-state index contributed by atoms with van der Waals surface area (Å²) in [4.78, 5) is 49.3. The SMILES string of the molecule is O=C(OC[C@@H]1O[C@H](n2cc(C=CBr)c(=O)[nH]c2=O)CC1O)Oc1ccc([N+](=O)[O-])cc1. The molecule has 0 amide bonds. The third-order valence-corrected chi connectivity index (χ3v) is 4.63. The minimum atomic E-state index is -1.10. The van der Waals surface area contributed by atoms with Gasteiger partial charge in [-0.2, -0.15) is 0 Å². The van der Waals surface area contributed by atoms with E-state index in [1.807, 2.05) is 0 Å². The number of carbonyl (C=O) groups is 1. The summed E-state index contributed by atoms with van der Waals surface area (Å²) in [5.41, 5.74) is -1.26. The molecule has 0 spiro atoms. The number of benzene rings is 1. The molecular formula is C18H16BrN3O9. The third-order valence-electron chi connectivity index (χ3n) is 4.37. The van der Waals surface area contributed by atoms with Crippen molar-refractivity contribution in [2.75, 3.05) is 6.61 Å². The molecule has 3 atom stereocenters. The van der Waals surface area contributed by atoms with E-state index < -0.39 is 40.8 Å². The largest absolute Gasteiger partial charge is 0.513 e. The first kappa shape index (κ1) is 22.4. The van der Waals surface area contributed by atoms with Crippen LogP contribution >= 0.6 is 15.9 Å². The minimum absolute atomic E-state index is 0.0227. The van der Waals surface area contributed by atoms with E-state index in [0.29, 0.717) is 0 Å². The molecule has 1 unspecified atom stereocenters. The summed E-state index contributed by atoms with van der Waals surface area (Å²) < 4.78 is 16.6. The normalized spacial score (nSPS) is 20.6. The highest BCUT2D eigenvalue weighted by molar-refractivity contribution is 9.11. The standard InChI is InChI=1S/C18H16BrN3O9/c19-6-5-10-8-21(17(25)20-16(10)24)15-7-13(23)14(31-15)9-29-18(26)30-12-3-1-11(2-4-12)22(27)28/h1-6,8,13-15,23H,7,9H2,(H,20,24,25)/t13?,14-,15-/m0/s1. The van der Waals surface area contributed by atoms with Crippen LogP contribution in [0.1, 0.15) is 18.2 Å². The van der Waals surface area contributed by atoms with Gasteiger partial charge < -0.3 is 19.3 Å². The molecule has 2 heterocycles. The predicted octanol–water partition coefficient (Wildman–Crippen LogP) is 1.67. The van der Waals surface area contributed by atoms with E-state index in [1.54, 1.807) is 0 Å². The molecule has 0 radical (unpaired) electrons. The first-order chi connectivity index (χ1) is 14.8. The molecule has 13 heteroatoms. The average Bonchev–Trinajstić information content (AvgIpc) is 3.09. The van der Waals surface area contributed by atoms with Crippen molar-refractivity contribution in [1.29, 1.82) is 0 Å². The van der Waals surface area contributed by atoms with Crippen LogP contribution < -0.4 is 16.0 Å². The van der Waals surface area contributed by atoms with E-state index in [2.05, 4.69) is 20.9 Å². The maximum absolute atomic E-state index is 12.1. The highest BCUT2D eigenvalue weighted by Gasteiger charge is 2.36. The average molecular weight is 498 g/mol. The minimum Gasteiger partial charge on any atom is -0.431 e. The second-order valence-electron chi connectivity index (χ2n) is 6.39. The second kappa shape index (κ2) is 9.68. The van der Waals surface area contributed by atoms with Crippen LogP contribution in [0.4, 0.5) is 10.5 Å². The number of aliphatic hydroxyl groups excluding tert-OH is 1. The number of nitro benzene ring substituents is 1. The fourth-order valence-electron chi connectivity index (χ4n) is 2.85. The van der Waals surface area contributed by atoms with Crippen LogP contribution in [0.25, 0.3) is 6.08 Å². The predicted molar refractivity (Wildman–Crippen MR) is 109 cm³/mol. The van der Waals surface area contributed by atoms with Gasteiger partial charge in [-0.1, -0.05) is 15.9 Å². The topological polar surface area (TPSA) is 163 Å². The van der Waals surface area contributed by atoms with Gasteiger partial charge in [0, 0.05) is 24.8 Å². The van der Waals surface area contributed by atoms with Crippen LogP contribution in [0.5, 0.6) is 5.75 Å². The number of aromatic nitrogens is 2. The molecule has 3 rings (SSSR count). The quantitative estimate of drug-likeness (QED) is 0.261. The number of H-pyrrole nitrogens is 1. The molecule has 1 aromatic carbocycles. The summed E-state index contributed by atoms with van der Waals surface area (Å²) >= 11 is 3.05. The molecule has 2 aromatic rings. The number of non-ortho nitro benzene ring substituents is 1. The Morgan fingerprint density at radius 1 is 1.39 bits per heavy atom. The van der Waals surface area contributed by atoms with Crippen molar-refractivity contribution >= 4 is 33.8 Å². The highest BCUT2D eigenvalue weighted by atomic mass is 79.9. The molecule has 31 heavy (non-hydrogen) atoms. The van der Waals surface area contributed by atoms with Gasteiger partial charge in [0.1, 0.15) is 24.7 Å². The Labute approximate surface area is 182 Å². The number of aromatic amines is 1. The van der Waals surface area contributed by atoms with E-state index in [0.717, 1.165) is 16.7 Å². The maximum atomic E-state index is 12.1. The summed E-state index contributed by atoms with van der Waals surface area (Å²) in [6, 6.07) is 4.80. The van der Waals surface area contributed by atoms with Crippen molar-refractivity contribution < 1.29 is 29.0 Å². The fraction of sp³-hybridized carbons (Fsp3) is 0.278. The zero-order valence-electron chi connectivity index (χ0n) is 15.7. The van der Waals surface area contributed by atoms with Gasteiger partial charge in [-0.15, -0.1) is 0 Å². The van der Waals surface area contributed by atoms with Gasteiger partial charge >= 0.3 is 11.8 Å². The van der Waals surface area contributed by atoms with Gasteiger partial charge in [0.05, 0.1) is 16.6 Å². The lowest BCUT2D eigenvalue weighted by atomic mass is 10.2. The Bertz CT molecular complexity index is 1110. The molecule has 2 N–H and O–H groups in total. The molecule has 1 aromatic heterocycles.